The summed E-state index contributed by atoms with van der Waals surface area (Å²) >= 11 is 1.45. The number of aromatic nitrogens is 4. The molecular formula is C13H12N4O2S. The van der Waals surface area contributed by atoms with Crippen LogP contribution in [0.3, 0.4) is 0 Å². The lowest BCUT2D eigenvalue weighted by Crippen LogP contribution is -2.03. The lowest BCUT2D eigenvalue weighted by atomic mass is 10.2. The summed E-state index contributed by atoms with van der Waals surface area (Å²) in [5.74, 6) is 0.993. The van der Waals surface area contributed by atoms with Gasteiger partial charge in [0.2, 0.25) is 4.96 Å². The summed E-state index contributed by atoms with van der Waals surface area (Å²) < 4.78 is 7.39. The lowest BCUT2D eigenvalue weighted by molar-refractivity contribution is 0.103. The fourth-order valence-electron chi connectivity index (χ4n) is 2.37. The molecule has 6 nitrogen and oxygen atoms in total. The number of hydrogen-bond acceptors (Lipinski definition) is 6. The number of phenolic OH excluding ortho intramolecular Hbond substituents is 1. The van der Waals surface area contributed by atoms with E-state index in [1.54, 1.807) is 22.7 Å². The van der Waals surface area contributed by atoms with Gasteiger partial charge in [-0.1, -0.05) is 23.5 Å². The zero-order chi connectivity index (χ0) is 13.5. The summed E-state index contributed by atoms with van der Waals surface area (Å²) in [5, 5.41) is 23.2. The second-order valence-corrected chi connectivity index (χ2v) is 5.67. The summed E-state index contributed by atoms with van der Waals surface area (Å²) in [6, 6.07) is 7.05. The standard InChI is InChI=1S/C13H12N4O2S/c18-9-4-1-3-8(7-9)12-16-17-11(10-5-2-6-19-10)14-15-13(17)20-12/h1,3-4,7,10,18H,2,5-6H2. The zero-order valence-electron chi connectivity index (χ0n) is 10.6. The molecule has 3 heterocycles. The lowest BCUT2D eigenvalue weighted by Gasteiger charge is -2.04. The Hall–Kier alpha value is -1.99. The number of ether oxygens (including phenoxy) is 1. The number of phenols is 1. The van der Waals surface area contributed by atoms with Crippen molar-refractivity contribution in [3.8, 4) is 16.3 Å². The van der Waals surface area contributed by atoms with Crippen LogP contribution in [0.4, 0.5) is 0 Å². The molecule has 0 bridgehead atoms. The largest absolute Gasteiger partial charge is 0.508 e. The average molecular weight is 288 g/mol. The van der Waals surface area contributed by atoms with E-state index < -0.39 is 0 Å². The molecule has 102 valence electrons. The number of benzene rings is 1. The van der Waals surface area contributed by atoms with Crippen molar-refractivity contribution in [2.75, 3.05) is 6.61 Å². The first kappa shape index (κ1) is 11.8. The van der Waals surface area contributed by atoms with Crippen molar-refractivity contribution < 1.29 is 9.84 Å². The average Bonchev–Trinajstić information content (AvgIpc) is 3.14. The first-order valence-electron chi connectivity index (χ1n) is 6.44. The fraction of sp³-hybridized carbons (Fsp3) is 0.308. The van der Waals surface area contributed by atoms with E-state index in [1.165, 1.54) is 11.3 Å². The monoisotopic (exact) mass is 288 g/mol. The number of nitrogens with zero attached hydrogens (tertiary/aromatic N) is 4. The van der Waals surface area contributed by atoms with Crippen LogP contribution in [0.5, 0.6) is 5.75 Å². The Labute approximate surface area is 118 Å². The highest BCUT2D eigenvalue weighted by Gasteiger charge is 2.25. The molecule has 1 fully saturated rings. The summed E-state index contributed by atoms with van der Waals surface area (Å²) in [4.78, 5) is 0.744. The molecule has 0 aliphatic carbocycles. The van der Waals surface area contributed by atoms with Crippen molar-refractivity contribution in [3.63, 3.8) is 0 Å². The third-order valence-electron chi connectivity index (χ3n) is 3.33. The van der Waals surface area contributed by atoms with Gasteiger partial charge in [0, 0.05) is 12.2 Å². The molecule has 0 radical (unpaired) electrons. The van der Waals surface area contributed by atoms with Crippen LogP contribution < -0.4 is 0 Å². The maximum atomic E-state index is 9.55. The van der Waals surface area contributed by atoms with E-state index >= 15 is 0 Å². The summed E-state index contributed by atoms with van der Waals surface area (Å²) in [6.07, 6.45) is 1.99. The highest BCUT2D eigenvalue weighted by molar-refractivity contribution is 7.19. The molecule has 1 N–H and O–H groups in total. The van der Waals surface area contributed by atoms with Gasteiger partial charge in [-0.25, -0.2) is 0 Å². The SMILES string of the molecule is Oc1cccc(-c2nn3c(C4CCCO4)nnc3s2)c1. The van der Waals surface area contributed by atoms with Crippen molar-refractivity contribution in [1.29, 1.82) is 0 Å². The molecule has 3 aromatic rings. The van der Waals surface area contributed by atoms with E-state index in [1.807, 2.05) is 6.07 Å². The van der Waals surface area contributed by atoms with Gasteiger partial charge < -0.3 is 9.84 Å². The van der Waals surface area contributed by atoms with E-state index in [4.69, 9.17) is 4.74 Å². The molecule has 2 aromatic heterocycles. The third kappa shape index (κ3) is 1.86. The molecule has 1 unspecified atom stereocenters. The summed E-state index contributed by atoms with van der Waals surface area (Å²) in [5.41, 5.74) is 0.874. The van der Waals surface area contributed by atoms with Gasteiger partial charge in [0.1, 0.15) is 16.9 Å². The highest BCUT2D eigenvalue weighted by Crippen LogP contribution is 2.31. The predicted octanol–water partition coefficient (Wildman–Crippen LogP) is 2.41. The maximum Gasteiger partial charge on any atom is 0.235 e. The molecule has 4 rings (SSSR count). The third-order valence-corrected chi connectivity index (χ3v) is 4.27. The van der Waals surface area contributed by atoms with Gasteiger partial charge in [0.25, 0.3) is 0 Å². The van der Waals surface area contributed by atoms with Crippen molar-refractivity contribution in [2.45, 2.75) is 18.9 Å². The van der Waals surface area contributed by atoms with Gasteiger partial charge in [-0.15, -0.1) is 10.2 Å². The van der Waals surface area contributed by atoms with Gasteiger partial charge >= 0.3 is 0 Å². The molecule has 1 saturated heterocycles. The van der Waals surface area contributed by atoms with E-state index in [0.29, 0.717) is 0 Å². The zero-order valence-corrected chi connectivity index (χ0v) is 11.4. The molecule has 7 heteroatoms. The van der Waals surface area contributed by atoms with Crippen LogP contribution in [0.25, 0.3) is 15.5 Å². The quantitative estimate of drug-likeness (QED) is 0.784. The van der Waals surface area contributed by atoms with Gasteiger partial charge in [0.15, 0.2) is 5.82 Å². The first-order valence-corrected chi connectivity index (χ1v) is 7.26. The Balaban J connectivity index is 1.79. The van der Waals surface area contributed by atoms with Gasteiger partial charge in [-0.2, -0.15) is 9.61 Å². The predicted molar refractivity (Wildman–Crippen MR) is 73.7 cm³/mol. The van der Waals surface area contributed by atoms with Crippen LogP contribution in [-0.4, -0.2) is 31.5 Å². The minimum absolute atomic E-state index is 0.0101. The molecule has 0 saturated carbocycles. The van der Waals surface area contributed by atoms with Gasteiger partial charge in [0.05, 0.1) is 0 Å². The molecule has 1 aromatic carbocycles. The van der Waals surface area contributed by atoms with Crippen molar-refractivity contribution in [1.82, 2.24) is 19.8 Å². The van der Waals surface area contributed by atoms with E-state index in [9.17, 15) is 5.11 Å². The number of hydrogen-bond donors (Lipinski definition) is 1. The van der Waals surface area contributed by atoms with Gasteiger partial charge in [-0.05, 0) is 25.0 Å². The van der Waals surface area contributed by atoms with E-state index in [-0.39, 0.29) is 11.9 Å². The van der Waals surface area contributed by atoms with Gasteiger partial charge in [-0.3, -0.25) is 0 Å². The minimum atomic E-state index is -0.0101. The van der Waals surface area contributed by atoms with Crippen LogP contribution in [0.15, 0.2) is 24.3 Å². The van der Waals surface area contributed by atoms with Crippen molar-refractivity contribution >= 4 is 16.3 Å². The number of fused-ring (bicyclic) bond motifs is 1. The Morgan fingerprint density at radius 1 is 1.35 bits per heavy atom. The summed E-state index contributed by atoms with van der Waals surface area (Å²) in [7, 11) is 0. The molecule has 20 heavy (non-hydrogen) atoms. The topological polar surface area (TPSA) is 72.5 Å². The first-order chi connectivity index (χ1) is 9.81. The molecule has 0 amide bonds. The maximum absolute atomic E-state index is 9.55. The number of rotatable bonds is 2. The Morgan fingerprint density at radius 2 is 2.30 bits per heavy atom. The van der Waals surface area contributed by atoms with Crippen LogP contribution in [0, 0.1) is 0 Å². The molecular weight excluding hydrogens is 276 g/mol. The Bertz CT molecular complexity index is 761. The number of aromatic hydroxyl groups is 1. The van der Waals surface area contributed by atoms with Crippen LogP contribution in [-0.2, 0) is 4.74 Å². The van der Waals surface area contributed by atoms with Crippen LogP contribution in [0.1, 0.15) is 24.8 Å². The normalized spacial score (nSPS) is 18.9. The Morgan fingerprint density at radius 3 is 3.10 bits per heavy atom. The van der Waals surface area contributed by atoms with E-state index in [0.717, 1.165) is 40.8 Å². The van der Waals surface area contributed by atoms with Crippen LogP contribution in [0.2, 0.25) is 0 Å². The molecule has 0 spiro atoms. The Kier molecular flexibility index (Phi) is 2.68. The van der Waals surface area contributed by atoms with Crippen LogP contribution >= 0.6 is 11.3 Å². The molecule has 1 aliphatic heterocycles. The van der Waals surface area contributed by atoms with Crippen molar-refractivity contribution in [2.24, 2.45) is 0 Å². The smallest absolute Gasteiger partial charge is 0.235 e. The minimum Gasteiger partial charge on any atom is -0.508 e. The molecule has 1 aliphatic rings. The van der Waals surface area contributed by atoms with Crippen molar-refractivity contribution in [3.05, 3.63) is 30.1 Å². The highest BCUT2D eigenvalue weighted by atomic mass is 32.1. The second-order valence-electron chi connectivity index (χ2n) is 4.71. The molecule has 1 atom stereocenters. The summed E-state index contributed by atoms with van der Waals surface area (Å²) in [6.45, 7) is 0.767. The second kappa shape index (κ2) is 4.53. The van der Waals surface area contributed by atoms with E-state index in [2.05, 4.69) is 15.3 Å². The fourth-order valence-corrected chi connectivity index (χ4v) is 3.21.